The van der Waals surface area contributed by atoms with Gasteiger partial charge in [0.1, 0.15) is 15.5 Å². The van der Waals surface area contributed by atoms with Crippen LogP contribution < -0.4 is 5.46 Å². The fourth-order valence-electron chi connectivity index (χ4n) is 3.14. The summed E-state index contributed by atoms with van der Waals surface area (Å²) in [4.78, 5) is 16.6. The summed E-state index contributed by atoms with van der Waals surface area (Å²) >= 11 is 17.6. The van der Waals surface area contributed by atoms with Crippen LogP contribution in [0.2, 0.25) is 15.5 Å². The van der Waals surface area contributed by atoms with Gasteiger partial charge >= 0.3 is 7.12 Å². The van der Waals surface area contributed by atoms with Gasteiger partial charge in [0.05, 0.1) is 19.4 Å². The van der Waals surface area contributed by atoms with Crippen LogP contribution in [0.15, 0.2) is 133 Å². The number of hydrogen-bond donors (Lipinski definition) is 2. The molecule has 6 aromatic rings. The Hall–Kier alpha value is -4.11. The van der Waals surface area contributed by atoms with E-state index in [1.807, 2.05) is 48.5 Å². The van der Waals surface area contributed by atoms with E-state index in [2.05, 4.69) is 19.9 Å². The smallest absolute Gasteiger partial charge is 0.423 e. The Morgan fingerprint density at radius 2 is 0.952 bits per heavy atom. The Kier molecular flexibility index (Phi) is 7.48. The summed E-state index contributed by atoms with van der Waals surface area (Å²) in [5, 5.41) is 18.5. The van der Waals surface area contributed by atoms with Crippen LogP contribution in [0.4, 0.5) is 0 Å². The highest BCUT2D eigenvalue weighted by molar-refractivity contribution is 6.58. The Morgan fingerprint density at radius 1 is 0.524 bits per heavy atom. The molecule has 42 heavy (non-hydrogen) atoms. The third kappa shape index (κ3) is 9.48. The molecule has 2 heterocycles. The minimum absolute atomic E-state index is 0.00230. The molecular weight excluding hydrogens is 590 g/mol. The average molecular weight is 624 g/mol. The number of aromatic nitrogens is 4. The van der Waals surface area contributed by atoms with Crippen molar-refractivity contribution in [1.29, 1.82) is 0 Å². The van der Waals surface area contributed by atoms with Crippen LogP contribution in [-0.4, -0.2) is 37.1 Å². The number of benzene rings is 4. The number of nitrogens with zero attached hydrogens (tertiary/aromatic N) is 4. The van der Waals surface area contributed by atoms with Gasteiger partial charge in [-0.1, -0.05) is 156 Å². The third-order valence-electron chi connectivity index (χ3n) is 4.96. The van der Waals surface area contributed by atoms with E-state index in [0.29, 0.717) is 27.5 Å². The van der Waals surface area contributed by atoms with Gasteiger partial charge in [-0.2, -0.15) is 0 Å². The quantitative estimate of drug-likeness (QED) is 0.158. The lowest BCUT2D eigenvalue weighted by atomic mass is 9.81. The fraction of sp³-hybridized carbons (Fsp3) is 0. The van der Waals surface area contributed by atoms with Gasteiger partial charge in [-0.05, 0) is 5.46 Å². The maximum absolute atomic E-state index is 8.81. The monoisotopic (exact) mass is 622 g/mol. The highest BCUT2D eigenvalue weighted by Gasteiger charge is 2.08. The van der Waals surface area contributed by atoms with Gasteiger partial charge in [0, 0.05) is 28.8 Å². The first-order valence-electron chi connectivity index (χ1n) is 16.9. The first-order chi connectivity index (χ1) is 24.5. The molecule has 4 aromatic carbocycles. The average Bonchev–Trinajstić information content (AvgIpc) is 3.12. The lowest BCUT2D eigenvalue weighted by molar-refractivity contribution is 0.426. The molecule has 0 amide bonds. The summed E-state index contributed by atoms with van der Waals surface area (Å²) < 4.78 is 75.5. The molecule has 208 valence electrons. The first-order valence-corrected chi connectivity index (χ1v) is 13.0. The van der Waals surface area contributed by atoms with E-state index in [1.54, 1.807) is 12.1 Å². The van der Waals surface area contributed by atoms with Crippen molar-refractivity contribution < 1.29 is 23.8 Å². The molecule has 0 saturated heterocycles. The largest absolute Gasteiger partial charge is 0.488 e. The second-order valence-electron chi connectivity index (χ2n) is 7.88. The number of hydrogen-bond acceptors (Lipinski definition) is 6. The van der Waals surface area contributed by atoms with Crippen molar-refractivity contribution >= 4 is 47.4 Å². The number of rotatable bonds is 4. The topological polar surface area (TPSA) is 92.0 Å². The van der Waals surface area contributed by atoms with Gasteiger partial charge in [-0.25, -0.2) is 19.9 Å². The van der Waals surface area contributed by atoms with E-state index in [-0.39, 0.29) is 28.5 Å². The van der Waals surface area contributed by atoms with Crippen LogP contribution in [0, 0.1) is 0 Å². The molecule has 2 aromatic heterocycles. The zero-order valence-electron chi connectivity index (χ0n) is 31.3. The van der Waals surface area contributed by atoms with Crippen molar-refractivity contribution in [3.63, 3.8) is 0 Å². The lowest BCUT2D eigenvalue weighted by Crippen LogP contribution is -2.29. The van der Waals surface area contributed by atoms with Crippen molar-refractivity contribution in [3.05, 3.63) is 149 Å². The number of halogens is 3. The van der Waals surface area contributed by atoms with E-state index in [9.17, 15) is 0 Å². The molecule has 0 fully saturated rings. The normalized spacial score (nSPS) is 13.4. The summed E-state index contributed by atoms with van der Waals surface area (Å²) in [6.45, 7) is 0. The molecule has 0 bridgehead atoms. The van der Waals surface area contributed by atoms with E-state index in [1.165, 1.54) is 12.1 Å². The molecule has 6 rings (SSSR count). The summed E-state index contributed by atoms with van der Waals surface area (Å²) in [5.74, 6) is 0.869. The van der Waals surface area contributed by atoms with Crippen LogP contribution in [0.25, 0.3) is 34.0 Å². The van der Waals surface area contributed by atoms with Crippen LogP contribution >= 0.6 is 34.8 Å². The first kappa shape index (κ1) is 19.9. The minimum atomic E-state index is -2.07. The fourth-order valence-corrected chi connectivity index (χ4v) is 3.74. The maximum atomic E-state index is 8.81. The molecule has 0 radical (unpaired) electrons. The van der Waals surface area contributed by atoms with Crippen molar-refractivity contribution in [2.24, 2.45) is 0 Å². The summed E-state index contributed by atoms with van der Waals surface area (Å²) in [6.07, 6.45) is 0. The zero-order valence-corrected chi connectivity index (χ0v) is 23.6. The zero-order chi connectivity index (χ0) is 38.4. The Bertz CT molecular complexity index is 2170. The lowest BCUT2D eigenvalue weighted by Gasteiger charge is -2.05. The van der Waals surface area contributed by atoms with Gasteiger partial charge in [0.15, 0.2) is 11.6 Å². The Labute approximate surface area is 273 Å². The van der Waals surface area contributed by atoms with Crippen molar-refractivity contribution in [2.75, 3.05) is 0 Å². The molecule has 0 aliphatic heterocycles. The van der Waals surface area contributed by atoms with E-state index in [4.69, 9.17) is 58.6 Å². The van der Waals surface area contributed by atoms with Crippen LogP contribution in [0.1, 0.15) is 13.7 Å². The Balaban J connectivity index is 0.000000186. The van der Waals surface area contributed by atoms with Crippen LogP contribution in [0.5, 0.6) is 0 Å². The molecule has 0 atom stereocenters. The van der Waals surface area contributed by atoms with Gasteiger partial charge in [-0.3, -0.25) is 0 Å². The molecular formula is C32H24BCl3N4O2. The highest BCUT2D eigenvalue weighted by atomic mass is 35.5. The molecule has 2 N–H and O–H groups in total. The summed E-state index contributed by atoms with van der Waals surface area (Å²) in [6, 6.07) is 16.8. The third-order valence-corrected chi connectivity index (χ3v) is 5.54. The van der Waals surface area contributed by atoms with E-state index in [0.717, 1.165) is 5.56 Å². The second-order valence-corrected chi connectivity index (χ2v) is 9.04. The molecule has 0 saturated carbocycles. The summed E-state index contributed by atoms with van der Waals surface area (Å²) in [5.41, 5.74) is 1.30. The Morgan fingerprint density at radius 3 is 1.43 bits per heavy atom. The standard InChI is InChI=1S/C16H11ClN2.C10H6Cl2N2.C6H7BO2/c17-15-11-14(12-7-3-1-4-8-12)18-16(19-15)13-9-5-2-6-10-13;11-8-6-9(12)14-10(13-8)7-4-2-1-3-5-7;8-7(9)6-4-2-1-3-5-6/h1-11H;1-6H;1-5,8-9H/i1D,3D,4D,7D,8D;;1D,2D,3D,4D,5D. The van der Waals surface area contributed by atoms with E-state index >= 15 is 0 Å². The van der Waals surface area contributed by atoms with Crippen molar-refractivity contribution in [1.82, 2.24) is 19.9 Å². The van der Waals surface area contributed by atoms with Crippen LogP contribution in [-0.2, 0) is 0 Å². The van der Waals surface area contributed by atoms with Crippen molar-refractivity contribution in [3.8, 4) is 34.0 Å². The molecule has 10 heteroatoms. The molecule has 0 aliphatic carbocycles. The maximum Gasteiger partial charge on any atom is 0.488 e. The molecule has 0 aliphatic rings. The van der Waals surface area contributed by atoms with Gasteiger partial charge < -0.3 is 10.0 Å². The predicted octanol–water partition coefficient (Wildman–Crippen LogP) is 7.28. The SMILES string of the molecule is Clc1cc(Cl)nc(-c2ccccc2)n1.[2H]c1c([2H])c([2H])c(-c2cc(Cl)nc(-c3ccccc3)n2)c([2H])c1[2H].[2H]c1c([2H])c([2H])c(B(O)O)c([2H])c1[2H]. The highest BCUT2D eigenvalue weighted by Crippen LogP contribution is 2.24. The van der Waals surface area contributed by atoms with Crippen LogP contribution in [0.3, 0.4) is 0 Å². The molecule has 6 nitrogen and oxygen atoms in total. The predicted molar refractivity (Wildman–Crippen MR) is 172 cm³/mol. The summed E-state index contributed by atoms with van der Waals surface area (Å²) in [7, 11) is -2.07. The van der Waals surface area contributed by atoms with Gasteiger partial charge in [-0.15, -0.1) is 0 Å². The van der Waals surface area contributed by atoms with Crippen molar-refractivity contribution in [2.45, 2.75) is 0 Å². The molecule has 0 unspecified atom stereocenters. The molecule has 0 spiro atoms. The van der Waals surface area contributed by atoms with Gasteiger partial charge in [0.2, 0.25) is 0 Å². The van der Waals surface area contributed by atoms with Gasteiger partial charge in [0.25, 0.3) is 0 Å². The second kappa shape index (κ2) is 15.8. The minimum Gasteiger partial charge on any atom is -0.423 e. The van der Waals surface area contributed by atoms with E-state index < -0.39 is 60.9 Å².